The van der Waals surface area contributed by atoms with Gasteiger partial charge in [0.1, 0.15) is 17.6 Å². The van der Waals surface area contributed by atoms with Gasteiger partial charge in [0, 0.05) is 5.56 Å². The van der Waals surface area contributed by atoms with Crippen molar-refractivity contribution in [3.05, 3.63) is 17.0 Å². The number of aromatic nitrogens is 1. The van der Waals surface area contributed by atoms with Crippen molar-refractivity contribution in [1.82, 2.24) is 5.16 Å². The molecular formula is C7H10FNO. The Morgan fingerprint density at radius 3 is 2.30 bits per heavy atom. The zero-order valence-corrected chi connectivity index (χ0v) is 6.31. The van der Waals surface area contributed by atoms with E-state index in [0.29, 0.717) is 11.5 Å². The van der Waals surface area contributed by atoms with Crippen LogP contribution in [0.1, 0.15) is 30.1 Å². The lowest BCUT2D eigenvalue weighted by Crippen LogP contribution is -1.87. The summed E-state index contributed by atoms with van der Waals surface area (Å²) in [6.07, 6.45) is -1.03. The Bertz CT molecular complexity index is 230. The van der Waals surface area contributed by atoms with E-state index in [0.717, 1.165) is 5.56 Å². The number of halogens is 1. The van der Waals surface area contributed by atoms with Crippen molar-refractivity contribution in [2.24, 2.45) is 0 Å². The van der Waals surface area contributed by atoms with Gasteiger partial charge in [0.05, 0.1) is 0 Å². The van der Waals surface area contributed by atoms with E-state index >= 15 is 0 Å². The molecule has 1 heterocycles. The van der Waals surface area contributed by atoms with Gasteiger partial charge in [0.15, 0.2) is 0 Å². The number of aryl methyl sites for hydroxylation is 1. The molecule has 0 N–H and O–H groups in total. The molecular weight excluding hydrogens is 133 g/mol. The Labute approximate surface area is 59.0 Å². The second-order valence-electron chi connectivity index (χ2n) is 2.37. The molecule has 0 aromatic carbocycles. The van der Waals surface area contributed by atoms with Gasteiger partial charge in [0.25, 0.3) is 0 Å². The molecule has 0 fully saturated rings. The second-order valence-corrected chi connectivity index (χ2v) is 2.37. The van der Waals surface area contributed by atoms with Crippen LogP contribution >= 0.6 is 0 Å². The number of hydrogen-bond acceptors (Lipinski definition) is 2. The molecule has 1 atom stereocenters. The number of rotatable bonds is 1. The molecule has 0 saturated heterocycles. The number of alkyl halides is 1. The predicted molar refractivity (Wildman–Crippen MR) is 35.5 cm³/mol. The molecule has 1 unspecified atom stereocenters. The summed E-state index contributed by atoms with van der Waals surface area (Å²) >= 11 is 0. The normalized spacial score (nSPS) is 13.6. The average Bonchev–Trinajstić information content (AvgIpc) is 2.14. The van der Waals surface area contributed by atoms with Crippen molar-refractivity contribution in [2.75, 3.05) is 0 Å². The number of hydrogen-bond donors (Lipinski definition) is 0. The highest BCUT2D eigenvalue weighted by Gasteiger charge is 2.13. The third-order valence-electron chi connectivity index (χ3n) is 1.57. The minimum Gasteiger partial charge on any atom is -0.361 e. The monoisotopic (exact) mass is 143 g/mol. The van der Waals surface area contributed by atoms with Gasteiger partial charge >= 0.3 is 0 Å². The summed E-state index contributed by atoms with van der Waals surface area (Å²) in [5, 5.41) is 3.56. The largest absolute Gasteiger partial charge is 0.361 e. The molecule has 0 amide bonds. The van der Waals surface area contributed by atoms with Crippen LogP contribution in [-0.4, -0.2) is 5.16 Å². The molecule has 0 saturated carbocycles. The van der Waals surface area contributed by atoms with E-state index in [1.54, 1.807) is 13.8 Å². The van der Waals surface area contributed by atoms with Crippen LogP contribution in [-0.2, 0) is 0 Å². The minimum absolute atomic E-state index is 0.414. The molecule has 1 aromatic heterocycles. The summed E-state index contributed by atoms with van der Waals surface area (Å²) in [6.45, 7) is 5.02. The number of nitrogens with zero attached hydrogens (tertiary/aromatic N) is 1. The topological polar surface area (TPSA) is 26.0 Å². The van der Waals surface area contributed by atoms with Gasteiger partial charge in [-0.05, 0) is 20.8 Å². The van der Waals surface area contributed by atoms with Crippen LogP contribution in [0.5, 0.6) is 0 Å². The van der Waals surface area contributed by atoms with E-state index in [-0.39, 0.29) is 0 Å². The molecule has 0 bridgehead atoms. The lowest BCUT2D eigenvalue weighted by molar-refractivity contribution is 0.329. The maximum Gasteiger partial charge on any atom is 0.143 e. The van der Waals surface area contributed by atoms with Crippen LogP contribution in [0.2, 0.25) is 0 Å². The Kier molecular flexibility index (Phi) is 1.74. The Hall–Kier alpha value is -0.860. The summed E-state index contributed by atoms with van der Waals surface area (Å²) in [6, 6.07) is 0. The van der Waals surface area contributed by atoms with Gasteiger partial charge in [-0.25, -0.2) is 4.39 Å². The van der Waals surface area contributed by atoms with Gasteiger partial charge in [-0.2, -0.15) is 0 Å². The first kappa shape index (κ1) is 7.25. The van der Waals surface area contributed by atoms with Gasteiger partial charge in [-0.3, -0.25) is 0 Å². The maximum absolute atomic E-state index is 12.6. The highest BCUT2D eigenvalue weighted by molar-refractivity contribution is 5.21. The van der Waals surface area contributed by atoms with Crippen LogP contribution in [0.4, 0.5) is 4.39 Å². The minimum atomic E-state index is -1.03. The molecule has 0 radical (unpaired) electrons. The third-order valence-corrected chi connectivity index (χ3v) is 1.57. The van der Waals surface area contributed by atoms with Gasteiger partial charge in [0.2, 0.25) is 0 Å². The molecule has 0 aliphatic carbocycles. The van der Waals surface area contributed by atoms with Crippen LogP contribution in [0.3, 0.4) is 0 Å². The molecule has 1 rings (SSSR count). The zero-order valence-electron chi connectivity index (χ0n) is 6.31. The lowest BCUT2D eigenvalue weighted by atomic mass is 10.2. The van der Waals surface area contributed by atoms with E-state index < -0.39 is 6.17 Å². The fourth-order valence-corrected chi connectivity index (χ4v) is 0.806. The highest BCUT2D eigenvalue weighted by atomic mass is 19.1. The summed E-state index contributed by atoms with van der Waals surface area (Å²) in [4.78, 5) is 0. The predicted octanol–water partition coefficient (Wildman–Crippen LogP) is 2.32. The molecule has 1 aromatic rings. The van der Waals surface area contributed by atoms with Crippen LogP contribution in [0.15, 0.2) is 4.52 Å². The molecule has 0 spiro atoms. The average molecular weight is 143 g/mol. The van der Waals surface area contributed by atoms with Crippen molar-refractivity contribution in [3.63, 3.8) is 0 Å². The van der Waals surface area contributed by atoms with Gasteiger partial charge in [-0.15, -0.1) is 0 Å². The molecule has 0 aliphatic rings. The summed E-state index contributed by atoms with van der Waals surface area (Å²) < 4.78 is 17.4. The summed E-state index contributed by atoms with van der Waals surface area (Å²) in [5.74, 6) is 0.694. The Morgan fingerprint density at radius 1 is 1.50 bits per heavy atom. The van der Waals surface area contributed by atoms with Crippen molar-refractivity contribution >= 4 is 0 Å². The van der Waals surface area contributed by atoms with Crippen molar-refractivity contribution in [1.29, 1.82) is 0 Å². The molecule has 0 aliphatic heterocycles. The van der Waals surface area contributed by atoms with Crippen LogP contribution in [0, 0.1) is 13.8 Å². The quantitative estimate of drug-likeness (QED) is 0.603. The lowest BCUT2D eigenvalue weighted by Gasteiger charge is -1.94. The van der Waals surface area contributed by atoms with E-state index in [1.165, 1.54) is 6.92 Å². The first-order chi connectivity index (χ1) is 4.63. The molecule has 56 valence electrons. The SMILES string of the molecule is Cc1onc(C(C)F)c1C. The molecule has 3 heteroatoms. The van der Waals surface area contributed by atoms with E-state index in [9.17, 15) is 4.39 Å². The fraction of sp³-hybridized carbons (Fsp3) is 0.571. The highest BCUT2D eigenvalue weighted by Crippen LogP contribution is 2.20. The van der Waals surface area contributed by atoms with Crippen LogP contribution < -0.4 is 0 Å². The van der Waals surface area contributed by atoms with Crippen molar-refractivity contribution in [2.45, 2.75) is 26.9 Å². The summed E-state index contributed by atoms with van der Waals surface area (Å²) in [5.41, 5.74) is 1.23. The smallest absolute Gasteiger partial charge is 0.143 e. The zero-order chi connectivity index (χ0) is 7.72. The second kappa shape index (κ2) is 2.40. The standard InChI is InChI=1S/C7H10FNO/c1-4-6(3)10-9-7(4)5(2)8/h5H,1-3H3. The van der Waals surface area contributed by atoms with Crippen molar-refractivity contribution < 1.29 is 8.91 Å². The fourth-order valence-electron chi connectivity index (χ4n) is 0.806. The third kappa shape index (κ3) is 1.03. The van der Waals surface area contributed by atoms with E-state index in [4.69, 9.17) is 4.52 Å². The van der Waals surface area contributed by atoms with Crippen molar-refractivity contribution in [3.8, 4) is 0 Å². The maximum atomic E-state index is 12.6. The van der Waals surface area contributed by atoms with Gasteiger partial charge in [-0.1, -0.05) is 5.16 Å². The van der Waals surface area contributed by atoms with E-state index in [2.05, 4.69) is 5.16 Å². The van der Waals surface area contributed by atoms with E-state index in [1.807, 2.05) is 0 Å². The Morgan fingerprint density at radius 2 is 2.10 bits per heavy atom. The summed E-state index contributed by atoms with van der Waals surface area (Å²) in [7, 11) is 0. The molecule has 10 heavy (non-hydrogen) atoms. The first-order valence-electron chi connectivity index (χ1n) is 3.19. The van der Waals surface area contributed by atoms with Gasteiger partial charge < -0.3 is 4.52 Å². The Balaban J connectivity index is 3.05. The first-order valence-corrected chi connectivity index (χ1v) is 3.19. The molecule has 2 nitrogen and oxygen atoms in total. The van der Waals surface area contributed by atoms with Crippen LogP contribution in [0.25, 0.3) is 0 Å².